The van der Waals surface area contributed by atoms with Gasteiger partial charge in [0.2, 0.25) is 0 Å². The molecule has 1 aliphatic rings. The molecule has 0 saturated heterocycles. The van der Waals surface area contributed by atoms with E-state index in [-0.39, 0.29) is 5.54 Å². The van der Waals surface area contributed by atoms with Gasteiger partial charge in [0.1, 0.15) is 5.69 Å². The Morgan fingerprint density at radius 1 is 1.30 bits per heavy atom. The number of benzene rings is 1. The lowest BCUT2D eigenvalue weighted by atomic mass is 9.90. The number of nitrogens with one attached hydrogen (secondary N) is 1. The molecule has 0 radical (unpaired) electrons. The van der Waals surface area contributed by atoms with Crippen LogP contribution < -0.4 is 5.32 Å². The molecular formula is C16H18BrN3. The second kappa shape index (κ2) is 4.48. The first-order chi connectivity index (χ1) is 9.35. The zero-order chi connectivity index (χ0) is 14.5. The van der Waals surface area contributed by atoms with Crippen LogP contribution in [0.1, 0.15) is 26.3 Å². The Labute approximate surface area is 127 Å². The summed E-state index contributed by atoms with van der Waals surface area (Å²) in [6, 6.07) is 6.47. The predicted molar refractivity (Wildman–Crippen MR) is 87.7 cm³/mol. The van der Waals surface area contributed by atoms with E-state index >= 15 is 0 Å². The van der Waals surface area contributed by atoms with Crippen LogP contribution in [0, 0.1) is 0 Å². The van der Waals surface area contributed by atoms with Gasteiger partial charge < -0.3 is 5.32 Å². The van der Waals surface area contributed by atoms with E-state index in [0.717, 1.165) is 15.7 Å². The monoisotopic (exact) mass is 331 g/mol. The summed E-state index contributed by atoms with van der Waals surface area (Å²) < 4.78 is 2.84. The van der Waals surface area contributed by atoms with Crippen LogP contribution in [0.5, 0.6) is 0 Å². The highest BCUT2D eigenvalue weighted by molar-refractivity contribution is 9.10. The minimum Gasteiger partial charge on any atom is -0.376 e. The van der Waals surface area contributed by atoms with Gasteiger partial charge in [-0.25, -0.2) is 0 Å². The molecular weight excluding hydrogens is 314 g/mol. The van der Waals surface area contributed by atoms with Crippen LogP contribution in [-0.4, -0.2) is 15.3 Å². The van der Waals surface area contributed by atoms with Crippen LogP contribution in [0.2, 0.25) is 0 Å². The first kappa shape index (κ1) is 13.4. The SMILES string of the molecule is CC1=CC(C)(C)Nc2ccc(-c3nn(C)cc3Br)cc21. The van der Waals surface area contributed by atoms with Crippen molar-refractivity contribution in [3.8, 4) is 11.3 Å². The second-order valence-corrected chi connectivity index (χ2v) is 6.79. The molecule has 0 aliphatic carbocycles. The van der Waals surface area contributed by atoms with Gasteiger partial charge in [-0.3, -0.25) is 4.68 Å². The molecule has 3 rings (SSSR count). The standard InChI is InChI=1S/C16H18BrN3/c1-10-8-16(2,3)18-14-6-5-11(7-12(10)14)15-13(17)9-20(4)19-15/h5-9,18H,1-4H3. The number of fused-ring (bicyclic) bond motifs is 1. The van der Waals surface area contributed by atoms with Gasteiger partial charge in [-0.2, -0.15) is 5.10 Å². The minimum absolute atomic E-state index is 0.00415. The van der Waals surface area contributed by atoms with Crippen molar-refractivity contribution in [2.75, 3.05) is 5.32 Å². The summed E-state index contributed by atoms with van der Waals surface area (Å²) in [5.74, 6) is 0. The van der Waals surface area contributed by atoms with E-state index in [1.807, 2.05) is 17.9 Å². The Kier molecular flexibility index (Phi) is 3.01. The van der Waals surface area contributed by atoms with E-state index in [2.05, 4.69) is 71.4 Å². The zero-order valence-electron chi connectivity index (χ0n) is 12.2. The molecule has 20 heavy (non-hydrogen) atoms. The number of halogens is 1. The topological polar surface area (TPSA) is 29.9 Å². The summed E-state index contributed by atoms with van der Waals surface area (Å²) in [4.78, 5) is 0. The van der Waals surface area contributed by atoms with E-state index in [0.29, 0.717) is 0 Å². The lowest BCUT2D eigenvalue weighted by Crippen LogP contribution is -2.31. The van der Waals surface area contributed by atoms with Gasteiger partial charge in [-0.05, 0) is 54.4 Å². The van der Waals surface area contributed by atoms with Crippen molar-refractivity contribution < 1.29 is 0 Å². The normalized spacial score (nSPS) is 16.4. The average molecular weight is 332 g/mol. The van der Waals surface area contributed by atoms with Crippen LogP contribution in [0.4, 0.5) is 5.69 Å². The average Bonchev–Trinajstić information content (AvgIpc) is 2.67. The third kappa shape index (κ3) is 2.29. The molecule has 0 amide bonds. The Morgan fingerprint density at radius 2 is 2.05 bits per heavy atom. The third-order valence-electron chi connectivity index (χ3n) is 3.54. The Hall–Kier alpha value is -1.55. The molecule has 0 fully saturated rings. The van der Waals surface area contributed by atoms with E-state index in [9.17, 15) is 0 Å². The number of nitrogens with zero attached hydrogens (tertiary/aromatic N) is 2. The van der Waals surface area contributed by atoms with Crippen molar-refractivity contribution in [2.45, 2.75) is 26.3 Å². The summed E-state index contributed by atoms with van der Waals surface area (Å²) >= 11 is 3.57. The number of aryl methyl sites for hydroxylation is 1. The Balaban J connectivity index is 2.11. The van der Waals surface area contributed by atoms with Crippen LogP contribution in [0.25, 0.3) is 16.8 Å². The summed E-state index contributed by atoms with van der Waals surface area (Å²) in [7, 11) is 1.93. The summed E-state index contributed by atoms with van der Waals surface area (Å²) in [5.41, 5.74) is 5.85. The van der Waals surface area contributed by atoms with E-state index < -0.39 is 0 Å². The van der Waals surface area contributed by atoms with Crippen molar-refractivity contribution in [1.82, 2.24) is 9.78 Å². The number of allylic oxidation sites excluding steroid dienone is 1. The molecule has 1 aromatic carbocycles. The first-order valence-corrected chi connectivity index (χ1v) is 7.47. The lowest BCUT2D eigenvalue weighted by Gasteiger charge is -2.31. The predicted octanol–water partition coefficient (Wildman–Crippen LogP) is 4.46. The maximum Gasteiger partial charge on any atom is 0.106 e. The molecule has 3 nitrogen and oxygen atoms in total. The molecule has 104 valence electrons. The van der Waals surface area contributed by atoms with Gasteiger partial charge in [0.25, 0.3) is 0 Å². The third-order valence-corrected chi connectivity index (χ3v) is 4.12. The highest BCUT2D eigenvalue weighted by Gasteiger charge is 2.23. The fourth-order valence-corrected chi connectivity index (χ4v) is 3.39. The number of rotatable bonds is 1. The maximum absolute atomic E-state index is 4.51. The number of hydrogen-bond acceptors (Lipinski definition) is 2. The zero-order valence-corrected chi connectivity index (χ0v) is 13.7. The van der Waals surface area contributed by atoms with Gasteiger partial charge in [-0.15, -0.1) is 0 Å². The van der Waals surface area contributed by atoms with Gasteiger partial charge in [0.15, 0.2) is 0 Å². The molecule has 2 aromatic rings. The number of aromatic nitrogens is 2. The van der Waals surface area contributed by atoms with Crippen LogP contribution in [0.3, 0.4) is 0 Å². The Bertz CT molecular complexity index is 711. The van der Waals surface area contributed by atoms with Gasteiger partial charge in [-0.1, -0.05) is 12.1 Å². The molecule has 0 unspecified atom stereocenters. The lowest BCUT2D eigenvalue weighted by molar-refractivity contribution is 0.707. The van der Waals surface area contributed by atoms with Crippen molar-refractivity contribution in [2.24, 2.45) is 7.05 Å². The quantitative estimate of drug-likeness (QED) is 0.836. The van der Waals surface area contributed by atoms with Gasteiger partial charge >= 0.3 is 0 Å². The van der Waals surface area contributed by atoms with Gasteiger partial charge in [0.05, 0.1) is 10.0 Å². The fraction of sp³-hybridized carbons (Fsp3) is 0.312. The largest absolute Gasteiger partial charge is 0.376 e. The summed E-state index contributed by atoms with van der Waals surface area (Å²) in [6.07, 6.45) is 4.24. The summed E-state index contributed by atoms with van der Waals surface area (Å²) in [5, 5.41) is 8.06. The van der Waals surface area contributed by atoms with E-state index in [1.165, 1.54) is 16.8 Å². The first-order valence-electron chi connectivity index (χ1n) is 6.67. The van der Waals surface area contributed by atoms with Crippen molar-refractivity contribution in [3.05, 3.63) is 40.5 Å². The molecule has 2 heterocycles. The fourth-order valence-electron chi connectivity index (χ4n) is 2.78. The van der Waals surface area contributed by atoms with Crippen molar-refractivity contribution in [3.63, 3.8) is 0 Å². The van der Waals surface area contributed by atoms with Crippen LogP contribution >= 0.6 is 15.9 Å². The molecule has 0 saturated carbocycles. The van der Waals surface area contributed by atoms with Crippen molar-refractivity contribution in [1.29, 1.82) is 0 Å². The van der Waals surface area contributed by atoms with Crippen molar-refractivity contribution >= 4 is 27.2 Å². The molecule has 0 atom stereocenters. The highest BCUT2D eigenvalue weighted by Crippen LogP contribution is 2.37. The number of anilines is 1. The Morgan fingerprint density at radius 3 is 2.70 bits per heavy atom. The second-order valence-electron chi connectivity index (χ2n) is 5.93. The summed E-state index contributed by atoms with van der Waals surface area (Å²) in [6.45, 7) is 6.53. The van der Waals surface area contributed by atoms with Crippen LogP contribution in [0.15, 0.2) is 34.9 Å². The smallest absolute Gasteiger partial charge is 0.106 e. The van der Waals surface area contributed by atoms with E-state index in [4.69, 9.17) is 0 Å². The molecule has 0 bridgehead atoms. The highest BCUT2D eigenvalue weighted by atomic mass is 79.9. The van der Waals surface area contributed by atoms with Crippen LogP contribution in [-0.2, 0) is 7.05 Å². The number of hydrogen-bond donors (Lipinski definition) is 1. The molecule has 0 spiro atoms. The minimum atomic E-state index is 0.00415. The molecule has 1 aromatic heterocycles. The molecule has 1 aliphatic heterocycles. The van der Waals surface area contributed by atoms with E-state index in [1.54, 1.807) is 0 Å². The van der Waals surface area contributed by atoms with Gasteiger partial charge in [0, 0.05) is 30.1 Å². The molecule has 4 heteroatoms. The maximum atomic E-state index is 4.51. The molecule has 1 N–H and O–H groups in total.